The van der Waals surface area contributed by atoms with E-state index in [9.17, 15) is 8.42 Å². The van der Waals surface area contributed by atoms with E-state index in [1.54, 1.807) is 12.1 Å². The molecule has 0 unspecified atom stereocenters. The normalized spacial score (nSPS) is 17.0. The van der Waals surface area contributed by atoms with E-state index in [0.717, 1.165) is 16.7 Å². The summed E-state index contributed by atoms with van der Waals surface area (Å²) in [4.78, 5) is 0. The van der Waals surface area contributed by atoms with E-state index in [4.69, 9.17) is 9.47 Å². The van der Waals surface area contributed by atoms with Gasteiger partial charge in [-0.05, 0) is 24.1 Å². The third kappa shape index (κ3) is 4.21. The SMILES string of the molecule is CC1(c2cccc(CNS(=O)(=O)Cc3ccccc3)c2)OCCO1. The molecule has 24 heavy (non-hydrogen) atoms. The lowest BCUT2D eigenvalue weighted by atomic mass is 10.0. The van der Waals surface area contributed by atoms with E-state index < -0.39 is 15.8 Å². The number of hydrogen-bond acceptors (Lipinski definition) is 4. The van der Waals surface area contributed by atoms with Crippen molar-refractivity contribution in [3.63, 3.8) is 0 Å². The Morgan fingerprint density at radius 3 is 2.38 bits per heavy atom. The molecule has 2 aromatic carbocycles. The molecule has 0 amide bonds. The number of ether oxygens (including phenoxy) is 2. The van der Waals surface area contributed by atoms with Gasteiger partial charge in [0.15, 0.2) is 5.79 Å². The topological polar surface area (TPSA) is 64.6 Å². The third-order valence-corrected chi connectivity index (χ3v) is 5.28. The average Bonchev–Trinajstić information content (AvgIpc) is 3.02. The van der Waals surface area contributed by atoms with Crippen LogP contribution in [0.5, 0.6) is 0 Å². The van der Waals surface area contributed by atoms with Gasteiger partial charge in [-0.1, -0.05) is 48.5 Å². The Bertz CT molecular complexity index is 784. The second kappa shape index (κ2) is 7.03. The lowest BCUT2D eigenvalue weighted by Gasteiger charge is -2.23. The first kappa shape index (κ1) is 17.1. The molecule has 6 heteroatoms. The van der Waals surface area contributed by atoms with Crippen LogP contribution in [0.3, 0.4) is 0 Å². The molecule has 0 saturated carbocycles. The van der Waals surface area contributed by atoms with E-state index in [2.05, 4.69) is 4.72 Å². The van der Waals surface area contributed by atoms with Crippen LogP contribution in [0.1, 0.15) is 23.6 Å². The van der Waals surface area contributed by atoms with Crippen LogP contribution < -0.4 is 4.72 Å². The van der Waals surface area contributed by atoms with Crippen molar-refractivity contribution in [3.8, 4) is 0 Å². The summed E-state index contributed by atoms with van der Waals surface area (Å²) in [5.41, 5.74) is 2.52. The van der Waals surface area contributed by atoms with E-state index in [0.29, 0.717) is 13.2 Å². The second-order valence-corrected chi connectivity index (χ2v) is 7.72. The van der Waals surface area contributed by atoms with E-state index in [1.165, 1.54) is 0 Å². The average molecular weight is 347 g/mol. The Morgan fingerprint density at radius 1 is 1.00 bits per heavy atom. The van der Waals surface area contributed by atoms with Crippen molar-refractivity contribution in [3.05, 3.63) is 71.3 Å². The fourth-order valence-corrected chi connectivity index (χ4v) is 3.80. The number of benzene rings is 2. The summed E-state index contributed by atoms with van der Waals surface area (Å²) in [6.07, 6.45) is 0. The van der Waals surface area contributed by atoms with Crippen molar-refractivity contribution >= 4 is 10.0 Å². The summed E-state index contributed by atoms with van der Waals surface area (Å²) in [7, 11) is -3.39. The zero-order valence-electron chi connectivity index (χ0n) is 13.6. The van der Waals surface area contributed by atoms with Crippen LogP contribution in [-0.2, 0) is 37.6 Å². The van der Waals surface area contributed by atoms with Crippen LogP contribution in [-0.4, -0.2) is 21.6 Å². The molecule has 0 aromatic heterocycles. The monoisotopic (exact) mass is 347 g/mol. The van der Waals surface area contributed by atoms with Crippen LogP contribution in [0.2, 0.25) is 0 Å². The standard InChI is InChI=1S/C18H21NO4S/c1-18(22-10-11-23-18)17-9-5-8-16(12-17)13-19-24(20,21)14-15-6-3-2-4-7-15/h2-9,12,19H,10-11,13-14H2,1H3. The van der Waals surface area contributed by atoms with Crippen LogP contribution in [0.15, 0.2) is 54.6 Å². The maximum atomic E-state index is 12.2. The first-order valence-corrected chi connectivity index (χ1v) is 9.51. The smallest absolute Gasteiger partial charge is 0.216 e. The molecule has 0 radical (unpaired) electrons. The van der Waals surface area contributed by atoms with Gasteiger partial charge in [0.1, 0.15) is 0 Å². The summed E-state index contributed by atoms with van der Waals surface area (Å²) in [6, 6.07) is 16.7. The summed E-state index contributed by atoms with van der Waals surface area (Å²) in [6.45, 7) is 3.23. The van der Waals surface area contributed by atoms with Gasteiger partial charge in [-0.15, -0.1) is 0 Å². The molecule has 1 aliphatic rings. The largest absolute Gasteiger partial charge is 0.344 e. The minimum atomic E-state index is -3.39. The van der Waals surface area contributed by atoms with Gasteiger partial charge in [0.2, 0.25) is 10.0 Å². The minimum absolute atomic E-state index is 0.0303. The molecule has 0 atom stereocenters. The van der Waals surface area contributed by atoms with Gasteiger partial charge in [0.05, 0.1) is 19.0 Å². The predicted octanol–water partition coefficient (Wildman–Crippen LogP) is 2.53. The summed E-state index contributed by atoms with van der Waals surface area (Å²) in [5, 5.41) is 0. The van der Waals surface area contributed by atoms with Crippen LogP contribution in [0, 0.1) is 0 Å². The van der Waals surface area contributed by atoms with Crippen LogP contribution in [0.4, 0.5) is 0 Å². The minimum Gasteiger partial charge on any atom is -0.344 e. The van der Waals surface area contributed by atoms with Crippen molar-refractivity contribution in [1.82, 2.24) is 4.72 Å². The molecule has 1 heterocycles. The van der Waals surface area contributed by atoms with Gasteiger partial charge in [0, 0.05) is 12.1 Å². The van der Waals surface area contributed by atoms with Gasteiger partial charge < -0.3 is 9.47 Å². The molecule has 1 aliphatic heterocycles. The lowest BCUT2D eigenvalue weighted by Crippen LogP contribution is -2.26. The van der Waals surface area contributed by atoms with E-state index in [-0.39, 0.29) is 12.3 Å². The third-order valence-electron chi connectivity index (χ3n) is 3.99. The summed E-state index contributed by atoms with van der Waals surface area (Å²) < 4.78 is 38.4. The highest BCUT2D eigenvalue weighted by molar-refractivity contribution is 7.88. The Balaban J connectivity index is 1.66. The van der Waals surface area contributed by atoms with Crippen molar-refractivity contribution < 1.29 is 17.9 Å². The number of nitrogens with one attached hydrogen (secondary N) is 1. The van der Waals surface area contributed by atoms with Crippen molar-refractivity contribution in [2.24, 2.45) is 0 Å². The molecule has 1 fully saturated rings. The molecule has 0 aliphatic carbocycles. The molecule has 1 N–H and O–H groups in total. The van der Waals surface area contributed by atoms with Gasteiger partial charge in [-0.2, -0.15) is 0 Å². The summed E-state index contributed by atoms with van der Waals surface area (Å²) in [5.74, 6) is -0.781. The van der Waals surface area contributed by atoms with Crippen molar-refractivity contribution in [1.29, 1.82) is 0 Å². The van der Waals surface area contributed by atoms with Gasteiger partial charge in [0.25, 0.3) is 0 Å². The van der Waals surface area contributed by atoms with Crippen molar-refractivity contribution in [2.75, 3.05) is 13.2 Å². The molecule has 0 bridgehead atoms. The highest BCUT2D eigenvalue weighted by Gasteiger charge is 2.33. The van der Waals surface area contributed by atoms with E-state index in [1.807, 2.05) is 49.4 Å². The van der Waals surface area contributed by atoms with Crippen LogP contribution in [0.25, 0.3) is 0 Å². The number of rotatable bonds is 6. The molecule has 1 saturated heterocycles. The quantitative estimate of drug-likeness (QED) is 0.872. The fraction of sp³-hybridized carbons (Fsp3) is 0.333. The first-order chi connectivity index (χ1) is 11.5. The number of sulfonamides is 1. The number of hydrogen-bond donors (Lipinski definition) is 1. The maximum Gasteiger partial charge on any atom is 0.216 e. The zero-order chi connectivity index (χ0) is 17.0. The molecule has 128 valence electrons. The van der Waals surface area contributed by atoms with E-state index >= 15 is 0 Å². The van der Waals surface area contributed by atoms with Crippen molar-refractivity contribution in [2.45, 2.75) is 25.0 Å². The zero-order valence-corrected chi connectivity index (χ0v) is 14.4. The Morgan fingerprint density at radius 2 is 1.67 bits per heavy atom. The van der Waals surface area contributed by atoms with Crippen LogP contribution >= 0.6 is 0 Å². The second-order valence-electron chi connectivity index (χ2n) is 5.91. The molecular formula is C18H21NO4S. The summed E-state index contributed by atoms with van der Waals surface area (Å²) >= 11 is 0. The lowest BCUT2D eigenvalue weighted by molar-refractivity contribution is -0.149. The predicted molar refractivity (Wildman–Crippen MR) is 91.6 cm³/mol. The fourth-order valence-electron chi connectivity index (χ4n) is 2.68. The molecule has 0 spiro atoms. The molecule has 5 nitrogen and oxygen atoms in total. The Kier molecular flexibility index (Phi) is 5.01. The van der Waals surface area contributed by atoms with Gasteiger partial charge in [-0.3, -0.25) is 0 Å². The van der Waals surface area contributed by atoms with Gasteiger partial charge >= 0.3 is 0 Å². The Hall–Kier alpha value is -1.73. The highest BCUT2D eigenvalue weighted by Crippen LogP contribution is 2.31. The molecule has 2 aromatic rings. The first-order valence-electron chi connectivity index (χ1n) is 7.85. The molecular weight excluding hydrogens is 326 g/mol. The highest BCUT2D eigenvalue weighted by atomic mass is 32.2. The maximum absolute atomic E-state index is 12.2. The Labute approximate surface area is 142 Å². The van der Waals surface area contributed by atoms with Gasteiger partial charge in [-0.25, -0.2) is 13.1 Å². The molecule has 3 rings (SSSR count).